The summed E-state index contributed by atoms with van der Waals surface area (Å²) in [7, 11) is -4.26. The minimum atomic E-state index is -4.26. The van der Waals surface area contributed by atoms with E-state index in [4.69, 9.17) is 5.11 Å². The maximum absolute atomic E-state index is 13.7. The number of aromatic carboxylic acids is 1. The lowest BCUT2D eigenvalue weighted by atomic mass is 10.2. The topological polar surface area (TPSA) is 122 Å². The summed E-state index contributed by atoms with van der Waals surface area (Å²) >= 11 is 0. The Morgan fingerprint density at radius 1 is 1.04 bits per heavy atom. The van der Waals surface area contributed by atoms with Gasteiger partial charge in [-0.25, -0.2) is 28.5 Å². The first-order valence-electron chi connectivity index (χ1n) is 7.26. The minimum Gasteiger partial charge on any atom is -0.477 e. The molecule has 27 heavy (non-hydrogen) atoms. The number of pyridine rings is 1. The van der Waals surface area contributed by atoms with Crippen molar-refractivity contribution in [1.29, 1.82) is 0 Å². The molecule has 8 nitrogen and oxygen atoms in total. The Labute approximate surface area is 151 Å². The third kappa shape index (κ3) is 3.87. The van der Waals surface area contributed by atoms with Crippen LogP contribution in [-0.4, -0.2) is 34.4 Å². The number of carbonyl (C=O) groups is 1. The van der Waals surface area contributed by atoms with E-state index in [0.29, 0.717) is 23.5 Å². The molecule has 2 heterocycles. The number of sulfonamides is 1. The van der Waals surface area contributed by atoms with Gasteiger partial charge in [-0.1, -0.05) is 0 Å². The van der Waals surface area contributed by atoms with Gasteiger partial charge in [0.25, 0.3) is 10.0 Å². The van der Waals surface area contributed by atoms with Gasteiger partial charge in [0.1, 0.15) is 17.2 Å². The molecule has 0 unspecified atom stereocenters. The lowest BCUT2D eigenvalue weighted by Gasteiger charge is -2.09. The highest BCUT2D eigenvalue weighted by atomic mass is 32.2. The number of hydrogen-bond donors (Lipinski definition) is 2. The fourth-order valence-corrected chi connectivity index (χ4v) is 3.13. The molecule has 0 saturated heterocycles. The van der Waals surface area contributed by atoms with E-state index in [1.807, 2.05) is 4.72 Å². The SMILES string of the molecule is O=C(O)c1c(F)cc(NS(=O)(=O)c2ccc(-c3ncccn3)cn2)cc1F. The number of anilines is 1. The summed E-state index contributed by atoms with van der Waals surface area (Å²) in [6.07, 6.45) is 4.26. The van der Waals surface area contributed by atoms with E-state index in [9.17, 15) is 22.0 Å². The number of carboxylic acid groups (broad SMARTS) is 1. The van der Waals surface area contributed by atoms with Crippen molar-refractivity contribution in [3.8, 4) is 11.4 Å². The summed E-state index contributed by atoms with van der Waals surface area (Å²) in [6, 6.07) is 5.35. The Balaban J connectivity index is 1.88. The van der Waals surface area contributed by atoms with E-state index in [-0.39, 0.29) is 0 Å². The van der Waals surface area contributed by atoms with Crippen LogP contribution in [0, 0.1) is 11.6 Å². The maximum Gasteiger partial charge on any atom is 0.341 e. The molecule has 0 aliphatic carbocycles. The van der Waals surface area contributed by atoms with Gasteiger partial charge < -0.3 is 5.11 Å². The van der Waals surface area contributed by atoms with Crippen LogP contribution in [-0.2, 0) is 10.0 Å². The van der Waals surface area contributed by atoms with Crippen LogP contribution in [0.3, 0.4) is 0 Å². The molecule has 0 amide bonds. The molecule has 138 valence electrons. The second-order valence-electron chi connectivity index (χ2n) is 5.18. The highest BCUT2D eigenvalue weighted by Gasteiger charge is 2.21. The highest BCUT2D eigenvalue weighted by molar-refractivity contribution is 7.92. The predicted octanol–water partition coefficient (Wildman–Crippen LogP) is 2.32. The summed E-state index contributed by atoms with van der Waals surface area (Å²) in [4.78, 5) is 22.6. The van der Waals surface area contributed by atoms with Gasteiger partial charge in [-0.05, 0) is 30.3 Å². The van der Waals surface area contributed by atoms with Crippen LogP contribution in [0.1, 0.15) is 10.4 Å². The van der Waals surface area contributed by atoms with Gasteiger partial charge in [-0.2, -0.15) is 8.42 Å². The normalized spacial score (nSPS) is 11.2. The lowest BCUT2D eigenvalue weighted by molar-refractivity contribution is 0.0686. The maximum atomic E-state index is 13.7. The van der Waals surface area contributed by atoms with Crippen molar-refractivity contribution >= 4 is 21.7 Å². The van der Waals surface area contributed by atoms with Crippen molar-refractivity contribution in [2.75, 3.05) is 4.72 Å². The monoisotopic (exact) mass is 392 g/mol. The number of nitrogens with zero attached hydrogens (tertiary/aromatic N) is 3. The van der Waals surface area contributed by atoms with Gasteiger partial charge in [-0.15, -0.1) is 0 Å². The summed E-state index contributed by atoms with van der Waals surface area (Å²) < 4.78 is 54.0. The molecule has 0 atom stereocenters. The number of halogens is 2. The molecule has 0 saturated carbocycles. The van der Waals surface area contributed by atoms with Crippen LogP contribution < -0.4 is 4.72 Å². The Morgan fingerprint density at radius 2 is 1.67 bits per heavy atom. The molecule has 3 aromatic rings. The number of nitrogens with one attached hydrogen (secondary N) is 1. The van der Waals surface area contributed by atoms with Crippen LogP contribution >= 0.6 is 0 Å². The van der Waals surface area contributed by atoms with Crippen molar-refractivity contribution in [2.24, 2.45) is 0 Å². The zero-order valence-corrected chi connectivity index (χ0v) is 14.1. The van der Waals surface area contributed by atoms with Crippen LogP contribution in [0.4, 0.5) is 14.5 Å². The molecule has 0 fully saturated rings. The van der Waals surface area contributed by atoms with Gasteiger partial charge in [0, 0.05) is 24.2 Å². The number of hydrogen-bond acceptors (Lipinski definition) is 6. The average molecular weight is 392 g/mol. The molecular weight excluding hydrogens is 382 g/mol. The Kier molecular flexibility index (Phi) is 4.77. The number of rotatable bonds is 5. The number of aromatic nitrogens is 3. The molecule has 2 aromatic heterocycles. The molecule has 2 N–H and O–H groups in total. The first-order chi connectivity index (χ1) is 12.8. The zero-order valence-electron chi connectivity index (χ0n) is 13.3. The highest BCUT2D eigenvalue weighted by Crippen LogP contribution is 2.22. The molecule has 0 bridgehead atoms. The van der Waals surface area contributed by atoms with Crippen molar-refractivity contribution in [3.63, 3.8) is 0 Å². The second kappa shape index (κ2) is 7.03. The van der Waals surface area contributed by atoms with Gasteiger partial charge in [0.15, 0.2) is 10.9 Å². The number of benzene rings is 1. The molecule has 0 aliphatic rings. The van der Waals surface area contributed by atoms with Gasteiger partial charge in [0.05, 0.1) is 5.69 Å². The fourth-order valence-electron chi connectivity index (χ4n) is 2.16. The molecule has 0 spiro atoms. The van der Waals surface area contributed by atoms with E-state index >= 15 is 0 Å². The smallest absolute Gasteiger partial charge is 0.341 e. The van der Waals surface area contributed by atoms with Crippen LogP contribution in [0.5, 0.6) is 0 Å². The summed E-state index contributed by atoms with van der Waals surface area (Å²) in [5, 5.41) is 8.32. The summed E-state index contributed by atoms with van der Waals surface area (Å²) in [5.74, 6) is -4.29. The molecule has 0 radical (unpaired) electrons. The van der Waals surface area contributed by atoms with E-state index in [2.05, 4.69) is 15.0 Å². The zero-order chi connectivity index (χ0) is 19.6. The third-order valence-corrected chi connectivity index (χ3v) is 4.64. The number of carboxylic acids is 1. The Morgan fingerprint density at radius 3 is 2.19 bits per heavy atom. The quantitative estimate of drug-likeness (QED) is 0.683. The summed E-state index contributed by atoms with van der Waals surface area (Å²) in [6.45, 7) is 0. The summed E-state index contributed by atoms with van der Waals surface area (Å²) in [5.41, 5.74) is -1.19. The van der Waals surface area contributed by atoms with Crippen molar-refractivity contribution in [1.82, 2.24) is 15.0 Å². The van der Waals surface area contributed by atoms with Crippen molar-refractivity contribution in [3.05, 3.63) is 66.1 Å². The predicted molar refractivity (Wildman–Crippen MR) is 89.4 cm³/mol. The van der Waals surface area contributed by atoms with E-state index in [0.717, 1.165) is 0 Å². The molecule has 1 aromatic carbocycles. The standard InChI is InChI=1S/C16H10F2N4O4S/c17-11-6-10(7-12(18)14(11)16(23)24)22-27(25,26)13-3-2-9(8-21-13)15-19-4-1-5-20-15/h1-8,22H,(H,23,24). The van der Waals surface area contributed by atoms with Crippen molar-refractivity contribution in [2.45, 2.75) is 5.03 Å². The van der Waals surface area contributed by atoms with Crippen LogP contribution in [0.2, 0.25) is 0 Å². The third-order valence-electron chi connectivity index (χ3n) is 3.34. The van der Waals surface area contributed by atoms with Gasteiger partial charge in [-0.3, -0.25) is 4.72 Å². The average Bonchev–Trinajstić information content (AvgIpc) is 2.61. The molecule has 3 rings (SSSR count). The first kappa shape index (κ1) is 18.3. The molecule has 0 aliphatic heterocycles. The molecule has 11 heteroatoms. The first-order valence-corrected chi connectivity index (χ1v) is 8.75. The van der Waals surface area contributed by atoms with Crippen molar-refractivity contribution < 1.29 is 27.1 Å². The second-order valence-corrected chi connectivity index (χ2v) is 6.81. The van der Waals surface area contributed by atoms with Crippen LogP contribution in [0.25, 0.3) is 11.4 Å². The van der Waals surface area contributed by atoms with Gasteiger partial charge in [0.2, 0.25) is 0 Å². The Bertz CT molecular complexity index is 1080. The van der Waals surface area contributed by atoms with E-state index < -0.39 is 43.9 Å². The lowest BCUT2D eigenvalue weighted by Crippen LogP contribution is -2.15. The molecular formula is C16H10F2N4O4S. The van der Waals surface area contributed by atoms with E-state index in [1.54, 1.807) is 6.07 Å². The fraction of sp³-hybridized carbons (Fsp3) is 0. The minimum absolute atomic E-state index is 0.343. The van der Waals surface area contributed by atoms with Crippen LogP contribution in [0.15, 0.2) is 53.9 Å². The van der Waals surface area contributed by atoms with Gasteiger partial charge >= 0.3 is 5.97 Å². The Hall–Kier alpha value is -3.47. The van der Waals surface area contributed by atoms with E-state index in [1.165, 1.54) is 30.7 Å². The largest absolute Gasteiger partial charge is 0.477 e.